The quantitative estimate of drug-likeness (QED) is 0.380. The van der Waals surface area contributed by atoms with Crippen molar-refractivity contribution in [3.05, 3.63) is 77.9 Å². The molecule has 0 aliphatic rings. The maximum Gasteiger partial charge on any atom is 0.323 e. The molecule has 158 valence electrons. The fourth-order valence-electron chi connectivity index (χ4n) is 2.87. The topological polar surface area (TPSA) is 100 Å². The number of nitrogens with zero attached hydrogens (tertiary/aromatic N) is 1. The van der Waals surface area contributed by atoms with Crippen LogP contribution >= 0.6 is 11.3 Å². The SMILES string of the molecule is Cc1ccc(NC(=O)Nc2ccc3nc(NS(=O)(=O)c4ccc(C)cc4)sc3c2)cc1. The molecule has 0 bridgehead atoms. The third-order valence-electron chi connectivity index (χ3n) is 4.51. The molecule has 0 aliphatic carbocycles. The van der Waals surface area contributed by atoms with Crippen molar-refractivity contribution >= 4 is 54.1 Å². The number of aryl methyl sites for hydroxylation is 2. The largest absolute Gasteiger partial charge is 0.323 e. The number of rotatable bonds is 5. The Balaban J connectivity index is 1.48. The van der Waals surface area contributed by atoms with Crippen LogP contribution in [-0.4, -0.2) is 19.4 Å². The number of urea groups is 1. The summed E-state index contributed by atoms with van der Waals surface area (Å²) in [5, 5.41) is 5.81. The molecule has 0 atom stereocenters. The number of sulfonamides is 1. The van der Waals surface area contributed by atoms with E-state index < -0.39 is 10.0 Å². The maximum absolute atomic E-state index is 12.6. The summed E-state index contributed by atoms with van der Waals surface area (Å²) in [4.78, 5) is 16.8. The number of aromatic nitrogens is 1. The molecule has 3 N–H and O–H groups in total. The Morgan fingerprint density at radius 3 is 2.10 bits per heavy atom. The van der Waals surface area contributed by atoms with Crippen molar-refractivity contribution in [1.29, 1.82) is 0 Å². The smallest absolute Gasteiger partial charge is 0.308 e. The molecule has 0 fully saturated rings. The van der Waals surface area contributed by atoms with Gasteiger partial charge >= 0.3 is 6.03 Å². The van der Waals surface area contributed by atoms with Crippen LogP contribution in [0.3, 0.4) is 0 Å². The van der Waals surface area contributed by atoms with E-state index in [0.717, 1.165) is 15.8 Å². The average molecular weight is 453 g/mol. The second-order valence-corrected chi connectivity index (χ2v) is 9.78. The third kappa shape index (κ3) is 5.01. The van der Waals surface area contributed by atoms with E-state index in [-0.39, 0.29) is 16.1 Å². The van der Waals surface area contributed by atoms with Crippen LogP contribution in [0.1, 0.15) is 11.1 Å². The van der Waals surface area contributed by atoms with Crippen molar-refractivity contribution in [3.8, 4) is 0 Å². The van der Waals surface area contributed by atoms with Crippen LogP contribution in [0.5, 0.6) is 0 Å². The molecule has 0 aliphatic heterocycles. The van der Waals surface area contributed by atoms with Gasteiger partial charge in [-0.2, -0.15) is 0 Å². The number of carbonyl (C=O) groups excluding carboxylic acids is 1. The zero-order chi connectivity index (χ0) is 22.0. The minimum atomic E-state index is -3.73. The molecule has 0 saturated carbocycles. The molecular weight excluding hydrogens is 432 g/mol. The fourth-order valence-corrected chi connectivity index (χ4v) is 5.01. The van der Waals surface area contributed by atoms with Gasteiger partial charge in [0.2, 0.25) is 0 Å². The van der Waals surface area contributed by atoms with E-state index in [1.54, 1.807) is 42.5 Å². The van der Waals surface area contributed by atoms with Gasteiger partial charge in [-0.05, 0) is 56.3 Å². The Kier molecular flexibility index (Phi) is 5.62. The summed E-state index contributed by atoms with van der Waals surface area (Å²) in [6.07, 6.45) is 0. The molecule has 4 aromatic rings. The molecule has 31 heavy (non-hydrogen) atoms. The fraction of sp³-hybridized carbons (Fsp3) is 0.0909. The molecule has 9 heteroatoms. The van der Waals surface area contributed by atoms with Crippen LogP contribution in [0.4, 0.5) is 21.3 Å². The lowest BCUT2D eigenvalue weighted by molar-refractivity contribution is 0.262. The van der Waals surface area contributed by atoms with Crippen LogP contribution in [-0.2, 0) is 10.0 Å². The van der Waals surface area contributed by atoms with Gasteiger partial charge in [0.1, 0.15) is 0 Å². The van der Waals surface area contributed by atoms with Crippen molar-refractivity contribution < 1.29 is 13.2 Å². The summed E-state index contributed by atoms with van der Waals surface area (Å²) in [5.41, 5.74) is 3.99. The molecule has 4 rings (SSSR count). The highest BCUT2D eigenvalue weighted by molar-refractivity contribution is 7.93. The average Bonchev–Trinajstić information content (AvgIpc) is 3.10. The summed E-state index contributed by atoms with van der Waals surface area (Å²) >= 11 is 1.20. The van der Waals surface area contributed by atoms with Crippen molar-refractivity contribution in [3.63, 3.8) is 0 Å². The van der Waals surface area contributed by atoms with Gasteiger partial charge < -0.3 is 10.6 Å². The van der Waals surface area contributed by atoms with Gasteiger partial charge in [-0.15, -0.1) is 0 Å². The monoisotopic (exact) mass is 452 g/mol. The van der Waals surface area contributed by atoms with Crippen LogP contribution in [0, 0.1) is 13.8 Å². The van der Waals surface area contributed by atoms with Crippen molar-refractivity contribution in [2.75, 3.05) is 15.4 Å². The molecule has 3 aromatic carbocycles. The van der Waals surface area contributed by atoms with E-state index >= 15 is 0 Å². The van der Waals surface area contributed by atoms with Gasteiger partial charge in [-0.25, -0.2) is 18.2 Å². The number of amides is 2. The molecule has 0 saturated heterocycles. The molecule has 2 amide bonds. The van der Waals surface area contributed by atoms with Crippen LogP contribution in [0.2, 0.25) is 0 Å². The Hall–Kier alpha value is -3.43. The molecule has 7 nitrogen and oxygen atoms in total. The van der Waals surface area contributed by atoms with E-state index in [4.69, 9.17) is 0 Å². The number of hydrogen-bond acceptors (Lipinski definition) is 5. The summed E-state index contributed by atoms with van der Waals surface area (Å²) < 4.78 is 28.4. The van der Waals surface area contributed by atoms with Gasteiger partial charge in [0, 0.05) is 11.4 Å². The number of nitrogens with one attached hydrogen (secondary N) is 3. The lowest BCUT2D eigenvalue weighted by atomic mass is 10.2. The zero-order valence-electron chi connectivity index (χ0n) is 16.8. The normalized spacial score (nSPS) is 11.3. The van der Waals surface area contributed by atoms with Gasteiger partial charge in [-0.3, -0.25) is 4.72 Å². The van der Waals surface area contributed by atoms with E-state index in [0.29, 0.717) is 16.9 Å². The second kappa shape index (κ2) is 8.37. The van der Waals surface area contributed by atoms with Crippen LogP contribution < -0.4 is 15.4 Å². The number of carbonyl (C=O) groups is 1. The third-order valence-corrected chi connectivity index (χ3v) is 6.93. The minimum absolute atomic E-state index is 0.174. The summed E-state index contributed by atoms with van der Waals surface area (Å²) in [7, 11) is -3.73. The highest BCUT2D eigenvalue weighted by atomic mass is 32.2. The number of anilines is 3. The predicted molar refractivity (Wildman–Crippen MR) is 125 cm³/mol. The lowest BCUT2D eigenvalue weighted by Crippen LogP contribution is -2.19. The first-order valence-corrected chi connectivity index (χ1v) is 11.7. The van der Waals surface area contributed by atoms with Crippen molar-refractivity contribution in [2.45, 2.75) is 18.7 Å². The van der Waals surface area contributed by atoms with Crippen molar-refractivity contribution in [2.24, 2.45) is 0 Å². The van der Waals surface area contributed by atoms with Crippen LogP contribution in [0.25, 0.3) is 10.2 Å². The molecule has 1 aromatic heterocycles. The molecule has 0 radical (unpaired) electrons. The minimum Gasteiger partial charge on any atom is -0.308 e. The second-order valence-electron chi connectivity index (χ2n) is 7.07. The van der Waals surface area contributed by atoms with Gasteiger partial charge in [0.05, 0.1) is 15.1 Å². The first-order valence-electron chi connectivity index (χ1n) is 9.43. The predicted octanol–water partition coefficient (Wildman–Crippen LogP) is 5.36. The molecule has 1 heterocycles. The number of fused-ring (bicyclic) bond motifs is 1. The highest BCUT2D eigenvalue weighted by Gasteiger charge is 2.16. The molecule has 0 unspecified atom stereocenters. The summed E-state index contributed by atoms with van der Waals surface area (Å²) in [6.45, 7) is 3.87. The Morgan fingerprint density at radius 1 is 0.839 bits per heavy atom. The number of benzene rings is 3. The number of hydrogen-bond donors (Lipinski definition) is 3. The van der Waals surface area contributed by atoms with Crippen LogP contribution in [0.15, 0.2) is 71.6 Å². The Labute approximate surface area is 184 Å². The Morgan fingerprint density at radius 2 is 1.42 bits per heavy atom. The van der Waals surface area contributed by atoms with E-state index in [1.165, 1.54) is 11.3 Å². The Bertz CT molecular complexity index is 1350. The van der Waals surface area contributed by atoms with E-state index in [2.05, 4.69) is 20.3 Å². The summed E-state index contributed by atoms with van der Waals surface area (Å²) in [6, 6.07) is 18.9. The van der Waals surface area contributed by atoms with Gasteiger partial charge in [0.15, 0.2) is 5.13 Å². The first-order chi connectivity index (χ1) is 14.8. The van der Waals surface area contributed by atoms with Gasteiger partial charge in [0.25, 0.3) is 10.0 Å². The summed E-state index contributed by atoms with van der Waals surface area (Å²) in [5.74, 6) is 0. The van der Waals surface area contributed by atoms with E-state index in [9.17, 15) is 13.2 Å². The van der Waals surface area contributed by atoms with Gasteiger partial charge in [-0.1, -0.05) is 46.7 Å². The molecule has 0 spiro atoms. The highest BCUT2D eigenvalue weighted by Crippen LogP contribution is 2.30. The lowest BCUT2D eigenvalue weighted by Gasteiger charge is -2.07. The zero-order valence-corrected chi connectivity index (χ0v) is 18.5. The van der Waals surface area contributed by atoms with Crippen molar-refractivity contribution in [1.82, 2.24) is 4.98 Å². The molecular formula is C22H20N4O3S2. The number of thiazole rings is 1. The standard InChI is InChI=1S/C22H20N4O3S2/c1-14-3-7-16(8-4-14)23-21(27)24-17-9-12-19-20(13-17)30-22(25-19)26-31(28,29)18-10-5-15(2)6-11-18/h3-13H,1-2H3,(H,25,26)(H2,23,24,27). The van der Waals surface area contributed by atoms with E-state index in [1.807, 2.05) is 38.1 Å². The maximum atomic E-state index is 12.6. The first kappa shape index (κ1) is 20.8.